The van der Waals surface area contributed by atoms with E-state index in [0.29, 0.717) is 24.3 Å². The maximum absolute atomic E-state index is 14.0. The fraction of sp³-hybridized carbons (Fsp3) is 0.476. The van der Waals surface area contributed by atoms with Crippen molar-refractivity contribution in [2.75, 3.05) is 18.0 Å². The monoisotopic (exact) mass is 406 g/mol. The van der Waals surface area contributed by atoms with Crippen LogP contribution in [0, 0.1) is 5.82 Å². The minimum atomic E-state index is -0.586. The SMILES string of the molecule is CC1=CC(=C=O)c2cc(F)c(Cl)cc2N1C[C@H]1CCCN1C(=O)OC(C)(C)C. The van der Waals surface area contributed by atoms with Gasteiger partial charge in [0.25, 0.3) is 0 Å². The number of allylic oxidation sites excluding steroid dienone is 3. The number of carbonyl (C=O) groups is 1. The molecule has 0 bridgehead atoms. The van der Waals surface area contributed by atoms with Gasteiger partial charge in [0.05, 0.1) is 22.3 Å². The number of hydrogen-bond acceptors (Lipinski definition) is 4. The average molecular weight is 407 g/mol. The van der Waals surface area contributed by atoms with Gasteiger partial charge in [0.1, 0.15) is 17.4 Å². The van der Waals surface area contributed by atoms with E-state index in [1.807, 2.05) is 38.5 Å². The minimum Gasteiger partial charge on any atom is -0.444 e. The molecule has 0 radical (unpaired) electrons. The fourth-order valence-electron chi connectivity index (χ4n) is 3.65. The predicted octanol–water partition coefficient (Wildman–Crippen LogP) is 4.82. The van der Waals surface area contributed by atoms with E-state index >= 15 is 0 Å². The van der Waals surface area contributed by atoms with Gasteiger partial charge >= 0.3 is 6.09 Å². The van der Waals surface area contributed by atoms with E-state index in [4.69, 9.17) is 16.3 Å². The number of nitrogens with zero attached hydrogens (tertiary/aromatic N) is 2. The van der Waals surface area contributed by atoms with E-state index in [1.165, 1.54) is 12.1 Å². The molecule has 2 aliphatic rings. The Labute approximate surface area is 169 Å². The molecule has 2 heterocycles. The van der Waals surface area contributed by atoms with Gasteiger partial charge in [-0.3, -0.25) is 0 Å². The van der Waals surface area contributed by atoms with Crippen molar-refractivity contribution in [2.45, 2.75) is 52.2 Å². The zero-order valence-corrected chi connectivity index (χ0v) is 17.3. The summed E-state index contributed by atoms with van der Waals surface area (Å²) in [5, 5.41) is -0.0147. The topological polar surface area (TPSA) is 49.9 Å². The van der Waals surface area contributed by atoms with Crippen molar-refractivity contribution in [3.63, 3.8) is 0 Å². The normalized spacial score (nSPS) is 19.3. The summed E-state index contributed by atoms with van der Waals surface area (Å²) in [6.45, 7) is 8.52. The third kappa shape index (κ3) is 4.08. The van der Waals surface area contributed by atoms with Crippen molar-refractivity contribution >= 4 is 34.9 Å². The maximum Gasteiger partial charge on any atom is 0.410 e. The van der Waals surface area contributed by atoms with E-state index in [1.54, 1.807) is 11.0 Å². The summed E-state index contributed by atoms with van der Waals surface area (Å²) in [7, 11) is 0. The van der Waals surface area contributed by atoms with Crippen LogP contribution in [0.1, 0.15) is 46.1 Å². The second-order valence-electron chi connectivity index (χ2n) is 8.17. The molecule has 3 rings (SSSR count). The number of amides is 1. The zero-order valence-electron chi connectivity index (χ0n) is 16.5. The number of anilines is 1. The summed E-state index contributed by atoms with van der Waals surface area (Å²) < 4.78 is 19.5. The van der Waals surface area contributed by atoms with Crippen molar-refractivity contribution < 1.29 is 18.7 Å². The standard InChI is InChI=1S/C21H24ClFN2O3/c1-13-8-14(12-26)16-9-18(23)17(22)10-19(16)25(13)11-15-6-5-7-24(15)20(27)28-21(2,3)4/h8-10,15H,5-7,11H2,1-4H3/t15-/m1/s1. The molecule has 5 nitrogen and oxygen atoms in total. The van der Waals surface area contributed by atoms with E-state index in [-0.39, 0.29) is 22.7 Å². The van der Waals surface area contributed by atoms with Crippen LogP contribution < -0.4 is 4.90 Å². The second kappa shape index (κ2) is 7.61. The molecule has 0 spiro atoms. The molecule has 1 atom stereocenters. The van der Waals surface area contributed by atoms with Crippen molar-refractivity contribution in [3.8, 4) is 0 Å². The summed E-state index contributed by atoms with van der Waals surface area (Å²) in [4.78, 5) is 27.6. The molecule has 0 saturated carbocycles. The number of ether oxygens (including phenoxy) is 1. The fourth-order valence-corrected chi connectivity index (χ4v) is 3.81. The number of rotatable bonds is 2. The molecule has 0 aliphatic carbocycles. The first-order chi connectivity index (χ1) is 13.1. The quantitative estimate of drug-likeness (QED) is 0.661. The highest BCUT2D eigenvalue weighted by molar-refractivity contribution is 6.31. The number of carbonyl (C=O) groups excluding carboxylic acids is 2. The first kappa shape index (κ1) is 20.4. The summed E-state index contributed by atoms with van der Waals surface area (Å²) in [6.07, 6.45) is 3.07. The van der Waals surface area contributed by atoms with Gasteiger partial charge in [-0.1, -0.05) is 11.6 Å². The van der Waals surface area contributed by atoms with Gasteiger partial charge in [0, 0.05) is 24.4 Å². The van der Waals surface area contributed by atoms with Crippen molar-refractivity contribution in [3.05, 3.63) is 40.3 Å². The van der Waals surface area contributed by atoms with E-state index < -0.39 is 11.4 Å². The van der Waals surface area contributed by atoms with Crippen LogP contribution in [0.25, 0.3) is 5.57 Å². The third-order valence-electron chi connectivity index (χ3n) is 4.91. The largest absolute Gasteiger partial charge is 0.444 e. The van der Waals surface area contributed by atoms with Gasteiger partial charge in [0.15, 0.2) is 0 Å². The molecule has 150 valence electrons. The van der Waals surface area contributed by atoms with E-state index in [2.05, 4.69) is 0 Å². The molecule has 1 amide bonds. The van der Waals surface area contributed by atoms with Crippen LogP contribution in [0.3, 0.4) is 0 Å². The maximum atomic E-state index is 14.0. The molecule has 1 fully saturated rings. The molecule has 28 heavy (non-hydrogen) atoms. The van der Waals surface area contributed by atoms with Crippen LogP contribution in [0.15, 0.2) is 23.9 Å². The third-order valence-corrected chi connectivity index (χ3v) is 5.20. The lowest BCUT2D eigenvalue weighted by molar-refractivity contribution is 0.0232. The second-order valence-corrected chi connectivity index (χ2v) is 8.57. The molecular weight excluding hydrogens is 383 g/mol. The Hall–Kier alpha value is -2.30. The van der Waals surface area contributed by atoms with Gasteiger partial charge in [-0.05, 0) is 58.7 Å². The molecule has 1 aromatic rings. The smallest absolute Gasteiger partial charge is 0.410 e. The zero-order chi connectivity index (χ0) is 20.6. The molecule has 1 saturated heterocycles. The number of likely N-dealkylation sites (tertiary alicyclic amines) is 1. The lowest BCUT2D eigenvalue weighted by Crippen LogP contribution is -2.45. The minimum absolute atomic E-state index is 0.0147. The molecule has 2 aliphatic heterocycles. The average Bonchev–Trinajstić information content (AvgIpc) is 3.06. The van der Waals surface area contributed by atoms with Crippen molar-refractivity contribution in [1.29, 1.82) is 0 Å². The Bertz CT molecular complexity index is 884. The Morgan fingerprint density at radius 1 is 1.39 bits per heavy atom. The van der Waals surface area contributed by atoms with Crippen LogP contribution >= 0.6 is 11.6 Å². The summed E-state index contributed by atoms with van der Waals surface area (Å²) in [6, 6.07) is 2.72. The van der Waals surface area contributed by atoms with Gasteiger partial charge in [-0.2, -0.15) is 0 Å². The van der Waals surface area contributed by atoms with Crippen molar-refractivity contribution in [2.24, 2.45) is 0 Å². The van der Waals surface area contributed by atoms with Gasteiger partial charge in [-0.25, -0.2) is 14.0 Å². The van der Waals surface area contributed by atoms with Crippen molar-refractivity contribution in [1.82, 2.24) is 4.90 Å². The first-order valence-electron chi connectivity index (χ1n) is 9.30. The number of hydrogen-bond donors (Lipinski definition) is 0. The highest BCUT2D eigenvalue weighted by Crippen LogP contribution is 2.38. The first-order valence-corrected chi connectivity index (χ1v) is 9.68. The molecule has 0 unspecified atom stereocenters. The highest BCUT2D eigenvalue weighted by atomic mass is 35.5. The summed E-state index contributed by atoms with van der Waals surface area (Å²) in [5.41, 5.74) is 1.62. The van der Waals surface area contributed by atoms with Crippen LogP contribution in [0.2, 0.25) is 5.02 Å². The Morgan fingerprint density at radius 3 is 2.75 bits per heavy atom. The van der Waals surface area contributed by atoms with Gasteiger partial charge in [0.2, 0.25) is 0 Å². The lowest BCUT2D eigenvalue weighted by atomic mass is 9.97. The molecule has 1 aromatic carbocycles. The Kier molecular flexibility index (Phi) is 5.55. The van der Waals surface area contributed by atoms with E-state index in [9.17, 15) is 14.0 Å². The van der Waals surface area contributed by atoms with Crippen LogP contribution in [0.4, 0.5) is 14.9 Å². The molecular formula is C21H24ClFN2O3. The molecule has 7 heteroatoms. The Balaban J connectivity index is 1.90. The van der Waals surface area contributed by atoms with Gasteiger partial charge in [-0.15, -0.1) is 0 Å². The summed E-state index contributed by atoms with van der Waals surface area (Å²) >= 11 is 6.00. The molecule has 0 N–H and O–H groups in total. The van der Waals surface area contributed by atoms with E-state index in [0.717, 1.165) is 18.5 Å². The van der Waals surface area contributed by atoms with Crippen LogP contribution in [-0.4, -0.2) is 41.7 Å². The van der Waals surface area contributed by atoms with Gasteiger partial charge < -0.3 is 14.5 Å². The van der Waals surface area contributed by atoms with Crippen LogP contribution in [0.5, 0.6) is 0 Å². The number of fused-ring (bicyclic) bond motifs is 1. The predicted molar refractivity (Wildman–Crippen MR) is 108 cm³/mol. The molecule has 0 aromatic heterocycles. The summed E-state index contributed by atoms with van der Waals surface area (Å²) in [5.74, 6) is 1.29. The lowest BCUT2D eigenvalue weighted by Gasteiger charge is -2.36. The Morgan fingerprint density at radius 2 is 2.11 bits per heavy atom. The number of benzene rings is 1. The number of halogens is 2. The highest BCUT2D eigenvalue weighted by Gasteiger charge is 2.35. The van der Waals surface area contributed by atoms with Crippen LogP contribution in [-0.2, 0) is 9.53 Å².